The molecule has 1 saturated carbocycles. The molecule has 0 aliphatic heterocycles. The summed E-state index contributed by atoms with van der Waals surface area (Å²) in [4.78, 5) is 17.1. The van der Waals surface area contributed by atoms with Crippen LogP contribution in [-0.2, 0) is 10.0 Å². The van der Waals surface area contributed by atoms with E-state index in [1.807, 2.05) is 35.7 Å². The van der Waals surface area contributed by atoms with Gasteiger partial charge in [-0.1, -0.05) is 49.6 Å². The van der Waals surface area contributed by atoms with Crippen LogP contribution < -0.4 is 10.0 Å². The van der Waals surface area contributed by atoms with Gasteiger partial charge in [0.15, 0.2) is 5.13 Å². The molecule has 1 aromatic heterocycles. The Hall–Kier alpha value is -2.55. The number of benzene rings is 2. The standard InChI is InChI=1S/C22H23N3O3S2/c26-21(24-22-23-20(15-29-22)16-7-3-1-4-8-16)17-11-13-19(14-12-17)30(27,28)25-18-9-5-2-6-10-18/h1,3-4,7-8,11-15,18,25H,2,5-6,9-10H2,(H,23,24,26). The van der Waals surface area contributed by atoms with Gasteiger partial charge in [-0.2, -0.15) is 0 Å². The molecule has 1 fully saturated rings. The zero-order valence-electron chi connectivity index (χ0n) is 16.4. The van der Waals surface area contributed by atoms with Gasteiger partial charge in [-0.15, -0.1) is 11.3 Å². The van der Waals surface area contributed by atoms with Crippen LogP contribution in [0.5, 0.6) is 0 Å². The number of carbonyl (C=O) groups excluding carboxylic acids is 1. The van der Waals surface area contributed by atoms with Crippen LogP contribution in [0.3, 0.4) is 0 Å². The number of anilines is 1. The van der Waals surface area contributed by atoms with Crippen molar-refractivity contribution < 1.29 is 13.2 Å². The fourth-order valence-electron chi connectivity index (χ4n) is 3.54. The Morgan fingerprint density at radius 3 is 2.37 bits per heavy atom. The van der Waals surface area contributed by atoms with E-state index >= 15 is 0 Å². The highest BCUT2D eigenvalue weighted by atomic mass is 32.2. The Morgan fingerprint density at radius 1 is 0.967 bits per heavy atom. The van der Waals surface area contributed by atoms with Crippen LogP contribution >= 0.6 is 11.3 Å². The lowest BCUT2D eigenvalue weighted by Crippen LogP contribution is -2.36. The summed E-state index contributed by atoms with van der Waals surface area (Å²) < 4.78 is 28.0. The number of nitrogens with zero attached hydrogens (tertiary/aromatic N) is 1. The van der Waals surface area contributed by atoms with Crippen molar-refractivity contribution in [1.82, 2.24) is 9.71 Å². The maximum Gasteiger partial charge on any atom is 0.257 e. The molecule has 0 atom stereocenters. The molecule has 6 nitrogen and oxygen atoms in total. The number of sulfonamides is 1. The van der Waals surface area contributed by atoms with E-state index in [0.29, 0.717) is 10.7 Å². The Labute approximate surface area is 180 Å². The van der Waals surface area contributed by atoms with Gasteiger partial charge in [0.1, 0.15) is 0 Å². The van der Waals surface area contributed by atoms with E-state index in [-0.39, 0.29) is 16.8 Å². The Bertz CT molecular complexity index is 1100. The molecule has 30 heavy (non-hydrogen) atoms. The van der Waals surface area contributed by atoms with Crippen molar-refractivity contribution in [2.45, 2.75) is 43.0 Å². The first-order valence-corrected chi connectivity index (χ1v) is 12.3. The highest BCUT2D eigenvalue weighted by molar-refractivity contribution is 7.89. The fourth-order valence-corrected chi connectivity index (χ4v) is 5.56. The number of carbonyl (C=O) groups is 1. The first-order valence-electron chi connectivity index (χ1n) is 9.96. The third-order valence-corrected chi connectivity index (χ3v) is 7.44. The van der Waals surface area contributed by atoms with Gasteiger partial charge in [0.05, 0.1) is 10.6 Å². The summed E-state index contributed by atoms with van der Waals surface area (Å²) in [6.45, 7) is 0. The van der Waals surface area contributed by atoms with Crippen LogP contribution in [0, 0.1) is 0 Å². The summed E-state index contributed by atoms with van der Waals surface area (Å²) in [6, 6.07) is 15.7. The van der Waals surface area contributed by atoms with Crippen molar-refractivity contribution in [3.63, 3.8) is 0 Å². The van der Waals surface area contributed by atoms with Crippen LogP contribution in [0.15, 0.2) is 64.9 Å². The number of aromatic nitrogens is 1. The minimum atomic E-state index is -3.58. The Kier molecular flexibility index (Phi) is 6.26. The van der Waals surface area contributed by atoms with Gasteiger partial charge in [-0.25, -0.2) is 18.1 Å². The summed E-state index contributed by atoms with van der Waals surface area (Å²) in [5.74, 6) is -0.326. The monoisotopic (exact) mass is 441 g/mol. The minimum absolute atomic E-state index is 0.00422. The van der Waals surface area contributed by atoms with Gasteiger partial charge in [-0.05, 0) is 37.1 Å². The molecule has 2 N–H and O–H groups in total. The molecule has 3 aromatic rings. The zero-order chi connectivity index (χ0) is 21.0. The molecule has 156 valence electrons. The first-order chi connectivity index (χ1) is 14.5. The molecule has 0 bridgehead atoms. The van der Waals surface area contributed by atoms with Crippen molar-refractivity contribution in [2.24, 2.45) is 0 Å². The van der Waals surface area contributed by atoms with Crippen molar-refractivity contribution in [3.05, 3.63) is 65.5 Å². The van der Waals surface area contributed by atoms with E-state index in [1.165, 1.54) is 35.6 Å². The second-order valence-electron chi connectivity index (χ2n) is 7.34. The minimum Gasteiger partial charge on any atom is -0.298 e. The smallest absolute Gasteiger partial charge is 0.257 e. The van der Waals surface area contributed by atoms with Gasteiger partial charge >= 0.3 is 0 Å². The fraction of sp³-hybridized carbons (Fsp3) is 0.273. The number of amides is 1. The molecule has 1 aliphatic rings. The lowest BCUT2D eigenvalue weighted by molar-refractivity contribution is 0.102. The van der Waals surface area contributed by atoms with Gasteiger partial charge in [0, 0.05) is 22.5 Å². The zero-order valence-corrected chi connectivity index (χ0v) is 18.0. The molecular formula is C22H23N3O3S2. The number of hydrogen-bond acceptors (Lipinski definition) is 5. The van der Waals surface area contributed by atoms with Gasteiger partial charge < -0.3 is 0 Å². The normalized spacial score (nSPS) is 15.1. The topological polar surface area (TPSA) is 88.2 Å². The third kappa shape index (κ3) is 4.95. The van der Waals surface area contributed by atoms with E-state index < -0.39 is 10.0 Å². The molecule has 2 aromatic carbocycles. The van der Waals surface area contributed by atoms with E-state index in [0.717, 1.165) is 43.4 Å². The molecule has 8 heteroatoms. The molecule has 1 amide bonds. The quantitative estimate of drug-likeness (QED) is 0.582. The SMILES string of the molecule is O=C(Nc1nc(-c2ccccc2)cs1)c1ccc(S(=O)(=O)NC2CCCCC2)cc1. The number of nitrogens with one attached hydrogen (secondary N) is 2. The molecule has 4 rings (SSSR count). The van der Waals surface area contributed by atoms with Gasteiger partial charge in [0.2, 0.25) is 10.0 Å². The second-order valence-corrected chi connectivity index (χ2v) is 9.91. The summed E-state index contributed by atoms with van der Waals surface area (Å²) in [5.41, 5.74) is 2.16. The van der Waals surface area contributed by atoms with E-state index in [2.05, 4.69) is 15.0 Å². The van der Waals surface area contributed by atoms with Crippen molar-refractivity contribution in [1.29, 1.82) is 0 Å². The van der Waals surface area contributed by atoms with Crippen LogP contribution in [0.25, 0.3) is 11.3 Å². The summed E-state index contributed by atoms with van der Waals surface area (Å²) in [5, 5.41) is 5.16. The molecule has 1 aliphatic carbocycles. The maximum absolute atomic E-state index is 12.6. The highest BCUT2D eigenvalue weighted by Gasteiger charge is 2.22. The summed E-state index contributed by atoms with van der Waals surface area (Å²) >= 11 is 1.35. The van der Waals surface area contributed by atoms with E-state index in [4.69, 9.17) is 0 Å². The third-order valence-electron chi connectivity index (χ3n) is 5.15. The average Bonchev–Trinajstić information content (AvgIpc) is 3.23. The van der Waals surface area contributed by atoms with Crippen LogP contribution in [0.1, 0.15) is 42.5 Å². The van der Waals surface area contributed by atoms with Crippen LogP contribution in [0.4, 0.5) is 5.13 Å². The molecule has 0 spiro atoms. The predicted octanol–water partition coefficient (Wildman–Crippen LogP) is 4.67. The Morgan fingerprint density at radius 2 is 1.67 bits per heavy atom. The molecule has 1 heterocycles. The van der Waals surface area contributed by atoms with Gasteiger partial charge in [-0.3, -0.25) is 10.1 Å². The maximum atomic E-state index is 12.6. The lowest BCUT2D eigenvalue weighted by Gasteiger charge is -2.22. The average molecular weight is 442 g/mol. The predicted molar refractivity (Wildman–Crippen MR) is 119 cm³/mol. The number of rotatable bonds is 6. The molecule has 0 radical (unpaired) electrons. The summed E-state index contributed by atoms with van der Waals surface area (Å²) in [7, 11) is -3.58. The van der Waals surface area contributed by atoms with Crippen LogP contribution in [0.2, 0.25) is 0 Å². The molecular weight excluding hydrogens is 418 g/mol. The van der Waals surface area contributed by atoms with Crippen molar-refractivity contribution in [3.8, 4) is 11.3 Å². The lowest BCUT2D eigenvalue weighted by atomic mass is 9.96. The largest absolute Gasteiger partial charge is 0.298 e. The van der Waals surface area contributed by atoms with Crippen LogP contribution in [-0.4, -0.2) is 25.4 Å². The Balaban J connectivity index is 1.41. The highest BCUT2D eigenvalue weighted by Crippen LogP contribution is 2.25. The van der Waals surface area contributed by atoms with E-state index in [1.54, 1.807) is 0 Å². The second kappa shape index (κ2) is 9.07. The van der Waals surface area contributed by atoms with Crippen molar-refractivity contribution in [2.75, 3.05) is 5.32 Å². The molecule has 0 saturated heterocycles. The van der Waals surface area contributed by atoms with E-state index in [9.17, 15) is 13.2 Å². The first kappa shape index (κ1) is 20.7. The number of hydrogen-bond donors (Lipinski definition) is 2. The number of thiazole rings is 1. The molecule has 0 unspecified atom stereocenters. The van der Waals surface area contributed by atoms with Gasteiger partial charge in [0.25, 0.3) is 5.91 Å². The summed E-state index contributed by atoms with van der Waals surface area (Å²) in [6.07, 6.45) is 5.01. The van der Waals surface area contributed by atoms with Crippen molar-refractivity contribution >= 4 is 32.4 Å².